The van der Waals surface area contributed by atoms with Crippen molar-refractivity contribution in [2.45, 2.75) is 185 Å². The van der Waals surface area contributed by atoms with Crippen LogP contribution in [0.5, 0.6) is 0 Å². The van der Waals surface area contributed by atoms with Gasteiger partial charge < -0.3 is 4.74 Å². The molecule has 2 aliphatic carbocycles. The van der Waals surface area contributed by atoms with E-state index in [1.54, 1.807) is 0 Å². The molecule has 0 aliphatic heterocycles. The highest BCUT2D eigenvalue weighted by Crippen LogP contribution is 2.47. The molecule has 1 atom stereocenters. The number of hydrogen-bond acceptors (Lipinski definition) is 2. The van der Waals surface area contributed by atoms with Crippen molar-refractivity contribution in [1.29, 1.82) is 0 Å². The number of rotatable bonds is 19. The summed E-state index contributed by atoms with van der Waals surface area (Å²) in [5.74, 6) is 0.509. The van der Waals surface area contributed by atoms with Gasteiger partial charge in [-0.2, -0.15) is 0 Å². The second kappa shape index (κ2) is 18.2. The molecule has 0 saturated heterocycles. The van der Waals surface area contributed by atoms with E-state index in [1.165, 1.54) is 140 Å². The van der Waals surface area contributed by atoms with Gasteiger partial charge in [0.1, 0.15) is 5.60 Å². The van der Waals surface area contributed by atoms with Gasteiger partial charge in [0, 0.05) is 0 Å². The number of carbonyl (C=O) groups is 1. The Hall–Kier alpha value is -1.31. The Morgan fingerprint density at radius 3 is 1.74 bits per heavy atom. The van der Waals surface area contributed by atoms with Crippen LogP contribution in [0.2, 0.25) is 0 Å². The van der Waals surface area contributed by atoms with Gasteiger partial charge in [-0.05, 0) is 63.4 Å². The van der Waals surface area contributed by atoms with Gasteiger partial charge in [-0.25, -0.2) is 0 Å². The molecule has 0 radical (unpaired) electrons. The lowest BCUT2D eigenvalue weighted by Gasteiger charge is -2.44. The maximum atomic E-state index is 14.4. The molecule has 0 aromatic heterocycles. The first-order valence-corrected chi connectivity index (χ1v) is 17.4. The molecule has 0 bridgehead atoms. The van der Waals surface area contributed by atoms with E-state index in [-0.39, 0.29) is 11.6 Å². The zero-order valence-electron chi connectivity index (χ0n) is 26.0. The van der Waals surface area contributed by atoms with Gasteiger partial charge in [0.2, 0.25) is 0 Å². The summed E-state index contributed by atoms with van der Waals surface area (Å²) in [5, 5.41) is 0. The highest BCUT2D eigenvalue weighted by atomic mass is 16.6. The molecular formula is C37H62O2. The van der Waals surface area contributed by atoms with Gasteiger partial charge in [-0.3, -0.25) is 4.79 Å². The first-order chi connectivity index (χ1) is 19.1. The molecule has 2 saturated carbocycles. The minimum Gasteiger partial charge on any atom is -0.459 e. The molecular weight excluding hydrogens is 476 g/mol. The van der Waals surface area contributed by atoms with Crippen LogP contribution in [-0.2, 0) is 14.9 Å². The van der Waals surface area contributed by atoms with E-state index in [4.69, 9.17) is 4.74 Å². The van der Waals surface area contributed by atoms with Gasteiger partial charge in [-0.15, -0.1) is 0 Å². The van der Waals surface area contributed by atoms with Gasteiger partial charge in [0.15, 0.2) is 0 Å². The minimum absolute atomic E-state index is 0.0969. The Kier molecular flexibility index (Phi) is 15.0. The maximum absolute atomic E-state index is 14.4. The molecule has 222 valence electrons. The van der Waals surface area contributed by atoms with Crippen molar-refractivity contribution in [3.63, 3.8) is 0 Å². The average Bonchev–Trinajstić information content (AvgIpc) is 2.96. The third-order valence-corrected chi connectivity index (χ3v) is 10.1. The predicted molar refractivity (Wildman–Crippen MR) is 167 cm³/mol. The molecule has 1 aromatic carbocycles. The highest BCUT2D eigenvalue weighted by Gasteiger charge is 2.49. The monoisotopic (exact) mass is 538 g/mol. The van der Waals surface area contributed by atoms with E-state index in [1.807, 2.05) is 0 Å². The first kappa shape index (κ1) is 32.2. The summed E-state index contributed by atoms with van der Waals surface area (Å²) in [6.07, 6.45) is 31.9. The molecule has 3 rings (SSSR count). The van der Waals surface area contributed by atoms with Crippen LogP contribution in [0, 0.1) is 5.92 Å². The molecule has 1 aromatic rings. The van der Waals surface area contributed by atoms with Gasteiger partial charge in [0.05, 0.1) is 5.41 Å². The van der Waals surface area contributed by atoms with Crippen molar-refractivity contribution in [2.75, 3.05) is 0 Å². The fourth-order valence-corrected chi connectivity index (χ4v) is 7.62. The van der Waals surface area contributed by atoms with Crippen LogP contribution in [0.1, 0.15) is 180 Å². The third kappa shape index (κ3) is 10.6. The van der Waals surface area contributed by atoms with Crippen molar-refractivity contribution in [3.8, 4) is 0 Å². The maximum Gasteiger partial charge on any atom is 0.317 e. The molecule has 0 amide bonds. The molecule has 1 unspecified atom stereocenters. The van der Waals surface area contributed by atoms with Crippen molar-refractivity contribution in [1.82, 2.24) is 0 Å². The Bertz CT molecular complexity index is 759. The van der Waals surface area contributed by atoms with E-state index < -0.39 is 5.41 Å². The zero-order chi connectivity index (χ0) is 27.7. The quantitative estimate of drug-likeness (QED) is 0.129. The number of unbranched alkanes of at least 4 members (excludes halogenated alkanes) is 13. The standard InChI is InChI=1S/C37H62O2/c1-3-4-5-6-7-8-9-10-11-12-13-14-15-25-32-37(33-26-19-16-20-27-33,34-28-21-17-22-29-34)35(38)39-36(2)30-23-18-24-31-36/h16,19-20,26-27,34H,3-15,17-18,21-25,28-32H2,1-2H3. The molecule has 2 nitrogen and oxygen atoms in total. The first-order valence-electron chi connectivity index (χ1n) is 17.4. The van der Waals surface area contributed by atoms with E-state index in [2.05, 4.69) is 44.2 Å². The molecule has 2 heteroatoms. The van der Waals surface area contributed by atoms with E-state index >= 15 is 0 Å². The summed E-state index contributed by atoms with van der Waals surface area (Å²) in [6, 6.07) is 10.8. The fourth-order valence-electron chi connectivity index (χ4n) is 7.62. The van der Waals surface area contributed by atoms with Gasteiger partial charge >= 0.3 is 5.97 Å². The third-order valence-electron chi connectivity index (χ3n) is 10.1. The number of carbonyl (C=O) groups excluding carboxylic acids is 1. The topological polar surface area (TPSA) is 26.3 Å². The lowest BCUT2D eigenvalue weighted by Crippen LogP contribution is -2.49. The van der Waals surface area contributed by atoms with E-state index in [0.717, 1.165) is 25.7 Å². The largest absolute Gasteiger partial charge is 0.459 e. The Morgan fingerprint density at radius 1 is 0.718 bits per heavy atom. The lowest BCUT2D eigenvalue weighted by atomic mass is 9.62. The Labute approximate surface area is 242 Å². The van der Waals surface area contributed by atoms with Gasteiger partial charge in [0.25, 0.3) is 0 Å². The predicted octanol–water partition coefficient (Wildman–Crippen LogP) is 11.6. The minimum atomic E-state index is -0.473. The van der Waals surface area contributed by atoms with Crippen LogP contribution >= 0.6 is 0 Å². The molecule has 0 heterocycles. The van der Waals surface area contributed by atoms with Crippen LogP contribution in [0.3, 0.4) is 0 Å². The smallest absolute Gasteiger partial charge is 0.317 e. The number of ether oxygens (including phenoxy) is 1. The van der Waals surface area contributed by atoms with Crippen molar-refractivity contribution in [2.24, 2.45) is 5.92 Å². The summed E-state index contributed by atoms with van der Waals surface area (Å²) >= 11 is 0. The number of hydrogen-bond donors (Lipinski definition) is 0. The highest BCUT2D eigenvalue weighted by molar-refractivity contribution is 5.84. The Morgan fingerprint density at radius 2 is 1.21 bits per heavy atom. The summed E-state index contributed by atoms with van der Waals surface area (Å²) in [6.45, 7) is 4.50. The fraction of sp³-hybridized carbons (Fsp3) is 0.811. The second-order valence-corrected chi connectivity index (χ2v) is 13.4. The lowest BCUT2D eigenvalue weighted by molar-refractivity contribution is -0.172. The van der Waals surface area contributed by atoms with Crippen molar-refractivity contribution < 1.29 is 9.53 Å². The van der Waals surface area contributed by atoms with Gasteiger partial charge in [-0.1, -0.05) is 153 Å². The summed E-state index contributed by atoms with van der Waals surface area (Å²) in [4.78, 5) is 14.4. The van der Waals surface area contributed by atoms with E-state index in [0.29, 0.717) is 5.92 Å². The molecule has 2 fully saturated rings. The van der Waals surface area contributed by atoms with Crippen LogP contribution in [0.25, 0.3) is 0 Å². The van der Waals surface area contributed by atoms with Crippen LogP contribution in [0.4, 0.5) is 0 Å². The molecule has 0 spiro atoms. The van der Waals surface area contributed by atoms with E-state index in [9.17, 15) is 4.79 Å². The van der Waals surface area contributed by atoms with Crippen molar-refractivity contribution >= 4 is 5.97 Å². The summed E-state index contributed by atoms with van der Waals surface area (Å²) < 4.78 is 6.58. The zero-order valence-corrected chi connectivity index (χ0v) is 26.0. The summed E-state index contributed by atoms with van der Waals surface area (Å²) in [5.41, 5.74) is 0.467. The molecule has 39 heavy (non-hydrogen) atoms. The normalized spacial score (nSPS) is 19.4. The molecule has 0 N–H and O–H groups in total. The van der Waals surface area contributed by atoms with Crippen LogP contribution in [0.15, 0.2) is 30.3 Å². The van der Waals surface area contributed by atoms with Crippen LogP contribution < -0.4 is 0 Å². The summed E-state index contributed by atoms with van der Waals surface area (Å²) in [7, 11) is 0. The SMILES string of the molecule is CCCCCCCCCCCCCCCCC(C(=O)OC1(C)CCCCC1)(c1ccccc1)C1CCCCC1. The van der Waals surface area contributed by atoms with Crippen LogP contribution in [-0.4, -0.2) is 11.6 Å². The number of esters is 1. The molecule has 2 aliphatic rings. The van der Waals surface area contributed by atoms with Crippen molar-refractivity contribution in [3.05, 3.63) is 35.9 Å². The average molecular weight is 539 g/mol. The number of benzene rings is 1. The Balaban J connectivity index is 1.52. The second-order valence-electron chi connectivity index (χ2n) is 13.4.